The Balaban J connectivity index is 1.21. The average molecular weight is 675 g/mol. The number of nitrogens with zero attached hydrogens (tertiary/aromatic N) is 2. The molecule has 260 valence electrons. The first kappa shape index (κ1) is 34.5. The second-order valence-corrected chi connectivity index (χ2v) is 14.6. The molecule has 6 aromatic rings. The standard InChI is InChI=1S/C47H50N2O2/c1-4-5-6-7-8-9-10-11-12-20-29-51-44-32-42(48-46(49-44)38-25-18-19-26-43(38)50)39-31-41-45(36-24-17-16-23-35(36)39)37-28-27-34(30-40(37)47(41,2)3)33-21-14-13-15-22-33/h13-19,21-28,30-32,50H,4-12,20,29H2,1-3H3. The SMILES string of the molecule is CCCCCCCCCCCCOc1cc(-c2cc3c(c4ccccc24)-c2ccc(-c4ccccc4)cc2C3(C)C)nc(-c2ccccc2O)n1. The molecule has 1 aromatic heterocycles. The van der Waals surface area contributed by atoms with E-state index in [0.717, 1.165) is 29.5 Å². The fourth-order valence-corrected chi connectivity index (χ4v) is 7.79. The van der Waals surface area contributed by atoms with Crippen molar-refractivity contribution in [3.05, 3.63) is 120 Å². The van der Waals surface area contributed by atoms with E-state index in [2.05, 4.69) is 99.6 Å². The van der Waals surface area contributed by atoms with Crippen LogP contribution in [0.1, 0.15) is 96.1 Å². The molecule has 0 spiro atoms. The lowest BCUT2D eigenvalue weighted by molar-refractivity contribution is 0.293. The molecule has 1 aliphatic rings. The predicted molar refractivity (Wildman–Crippen MR) is 212 cm³/mol. The van der Waals surface area contributed by atoms with Gasteiger partial charge in [0.05, 0.1) is 17.9 Å². The third-order valence-electron chi connectivity index (χ3n) is 10.7. The number of unbranched alkanes of at least 4 members (excludes halogenated alkanes) is 9. The van der Waals surface area contributed by atoms with Crippen LogP contribution in [0.2, 0.25) is 0 Å². The zero-order valence-corrected chi connectivity index (χ0v) is 30.4. The first-order valence-electron chi connectivity index (χ1n) is 19.0. The van der Waals surface area contributed by atoms with Gasteiger partial charge in [-0.25, -0.2) is 4.98 Å². The molecule has 0 fully saturated rings. The van der Waals surface area contributed by atoms with Crippen LogP contribution in [-0.4, -0.2) is 21.7 Å². The Labute approximate surface area is 303 Å². The van der Waals surface area contributed by atoms with Crippen molar-refractivity contribution in [2.75, 3.05) is 6.61 Å². The number of aromatic nitrogens is 2. The molecule has 0 bridgehead atoms. The highest BCUT2D eigenvalue weighted by molar-refractivity contribution is 6.09. The molecule has 0 unspecified atom stereocenters. The molecule has 0 radical (unpaired) electrons. The van der Waals surface area contributed by atoms with Gasteiger partial charge in [0.15, 0.2) is 5.82 Å². The van der Waals surface area contributed by atoms with Crippen molar-refractivity contribution in [3.8, 4) is 56.5 Å². The summed E-state index contributed by atoms with van der Waals surface area (Å²) in [5.74, 6) is 1.15. The second-order valence-electron chi connectivity index (χ2n) is 14.6. The van der Waals surface area contributed by atoms with Crippen LogP contribution in [0, 0.1) is 0 Å². The van der Waals surface area contributed by atoms with Crippen molar-refractivity contribution in [2.24, 2.45) is 0 Å². The van der Waals surface area contributed by atoms with Gasteiger partial charge in [0.25, 0.3) is 0 Å². The van der Waals surface area contributed by atoms with Crippen LogP contribution in [-0.2, 0) is 5.41 Å². The summed E-state index contributed by atoms with van der Waals surface area (Å²) in [5, 5.41) is 13.2. The molecule has 0 saturated carbocycles. The Kier molecular flexibility index (Phi) is 10.5. The van der Waals surface area contributed by atoms with Gasteiger partial charge in [-0.05, 0) is 74.8 Å². The number of phenolic OH excluding ortho intramolecular Hbond substituents is 1. The number of fused-ring (bicyclic) bond motifs is 5. The van der Waals surface area contributed by atoms with E-state index in [1.807, 2.05) is 24.3 Å². The molecule has 0 amide bonds. The van der Waals surface area contributed by atoms with Crippen LogP contribution in [0.4, 0.5) is 0 Å². The third-order valence-corrected chi connectivity index (χ3v) is 10.7. The summed E-state index contributed by atoms with van der Waals surface area (Å²) < 4.78 is 6.36. The largest absolute Gasteiger partial charge is 0.507 e. The van der Waals surface area contributed by atoms with Crippen molar-refractivity contribution in [3.63, 3.8) is 0 Å². The van der Waals surface area contributed by atoms with E-state index in [9.17, 15) is 5.11 Å². The zero-order chi connectivity index (χ0) is 35.2. The van der Waals surface area contributed by atoms with Gasteiger partial charge in [0.2, 0.25) is 5.88 Å². The van der Waals surface area contributed by atoms with Gasteiger partial charge >= 0.3 is 0 Å². The molecular weight excluding hydrogens is 625 g/mol. The number of aromatic hydroxyl groups is 1. The molecule has 1 aliphatic carbocycles. The van der Waals surface area contributed by atoms with Crippen LogP contribution >= 0.6 is 0 Å². The van der Waals surface area contributed by atoms with Crippen LogP contribution in [0.3, 0.4) is 0 Å². The van der Waals surface area contributed by atoms with Crippen LogP contribution in [0.25, 0.3) is 55.7 Å². The first-order chi connectivity index (χ1) is 25.0. The Bertz CT molecular complexity index is 2120. The molecule has 1 N–H and O–H groups in total. The Hall–Kier alpha value is -4.96. The maximum absolute atomic E-state index is 10.8. The van der Waals surface area contributed by atoms with Gasteiger partial charge in [-0.2, -0.15) is 4.98 Å². The highest BCUT2D eigenvalue weighted by Gasteiger charge is 2.37. The summed E-state index contributed by atoms with van der Waals surface area (Å²) in [6, 6.07) is 37.8. The van der Waals surface area contributed by atoms with Gasteiger partial charge in [-0.15, -0.1) is 0 Å². The molecule has 1 heterocycles. The Morgan fingerprint density at radius 2 is 1.24 bits per heavy atom. The summed E-state index contributed by atoms with van der Waals surface area (Å²) in [6.45, 7) is 7.54. The highest BCUT2D eigenvalue weighted by atomic mass is 16.5. The smallest absolute Gasteiger partial charge is 0.217 e. The normalized spacial score (nSPS) is 12.9. The topological polar surface area (TPSA) is 55.2 Å². The minimum atomic E-state index is -0.226. The lowest BCUT2D eigenvalue weighted by atomic mass is 9.80. The lowest BCUT2D eigenvalue weighted by Crippen LogP contribution is -2.15. The summed E-state index contributed by atoms with van der Waals surface area (Å²) in [6.07, 6.45) is 12.7. The first-order valence-corrected chi connectivity index (χ1v) is 19.0. The van der Waals surface area contributed by atoms with E-state index in [0.29, 0.717) is 23.9 Å². The van der Waals surface area contributed by atoms with Gasteiger partial charge in [-0.1, -0.05) is 157 Å². The minimum absolute atomic E-state index is 0.153. The molecule has 0 aliphatic heterocycles. The van der Waals surface area contributed by atoms with Gasteiger partial charge in [0.1, 0.15) is 5.75 Å². The van der Waals surface area contributed by atoms with Crippen molar-refractivity contribution in [2.45, 2.75) is 90.4 Å². The van der Waals surface area contributed by atoms with Gasteiger partial charge in [-0.3, -0.25) is 0 Å². The number of hydrogen-bond donors (Lipinski definition) is 1. The summed E-state index contributed by atoms with van der Waals surface area (Å²) in [4.78, 5) is 9.95. The summed E-state index contributed by atoms with van der Waals surface area (Å²) >= 11 is 0. The van der Waals surface area contributed by atoms with Crippen molar-refractivity contribution in [1.82, 2.24) is 9.97 Å². The monoisotopic (exact) mass is 674 g/mol. The van der Waals surface area contributed by atoms with E-state index in [1.165, 1.54) is 90.1 Å². The molecule has 7 rings (SSSR count). The Morgan fingerprint density at radius 3 is 1.98 bits per heavy atom. The van der Waals surface area contributed by atoms with Crippen molar-refractivity contribution in [1.29, 1.82) is 0 Å². The highest BCUT2D eigenvalue weighted by Crippen LogP contribution is 2.54. The van der Waals surface area contributed by atoms with E-state index in [-0.39, 0.29) is 11.2 Å². The molecule has 51 heavy (non-hydrogen) atoms. The van der Waals surface area contributed by atoms with E-state index in [1.54, 1.807) is 6.07 Å². The number of phenols is 1. The van der Waals surface area contributed by atoms with Crippen LogP contribution in [0.15, 0.2) is 109 Å². The van der Waals surface area contributed by atoms with Crippen molar-refractivity contribution >= 4 is 10.8 Å². The van der Waals surface area contributed by atoms with Crippen molar-refractivity contribution < 1.29 is 9.84 Å². The maximum atomic E-state index is 10.8. The maximum Gasteiger partial charge on any atom is 0.217 e. The summed E-state index contributed by atoms with van der Waals surface area (Å²) in [5.41, 5.74) is 9.84. The van der Waals surface area contributed by atoms with E-state index >= 15 is 0 Å². The molecule has 0 atom stereocenters. The molecule has 5 aromatic carbocycles. The number of para-hydroxylation sites is 1. The number of ether oxygens (including phenoxy) is 1. The third kappa shape index (κ3) is 7.28. The molecule has 0 saturated heterocycles. The molecule has 4 heteroatoms. The number of rotatable bonds is 15. The van der Waals surface area contributed by atoms with Gasteiger partial charge in [0, 0.05) is 17.0 Å². The second kappa shape index (κ2) is 15.5. The van der Waals surface area contributed by atoms with E-state index < -0.39 is 0 Å². The predicted octanol–water partition coefficient (Wildman–Crippen LogP) is 12.9. The average Bonchev–Trinajstić information content (AvgIpc) is 3.39. The number of hydrogen-bond acceptors (Lipinski definition) is 4. The molecular formula is C47H50N2O2. The Morgan fingerprint density at radius 1 is 0.569 bits per heavy atom. The van der Waals surface area contributed by atoms with Crippen LogP contribution in [0.5, 0.6) is 11.6 Å². The fraction of sp³-hybridized carbons (Fsp3) is 0.319. The van der Waals surface area contributed by atoms with E-state index in [4.69, 9.17) is 14.7 Å². The number of benzene rings is 5. The summed E-state index contributed by atoms with van der Waals surface area (Å²) in [7, 11) is 0. The van der Waals surface area contributed by atoms with Crippen LogP contribution < -0.4 is 4.74 Å². The minimum Gasteiger partial charge on any atom is -0.507 e. The fourth-order valence-electron chi connectivity index (χ4n) is 7.79. The zero-order valence-electron chi connectivity index (χ0n) is 30.4. The molecule has 4 nitrogen and oxygen atoms in total. The quantitative estimate of drug-likeness (QED) is 0.110. The van der Waals surface area contributed by atoms with Gasteiger partial charge < -0.3 is 9.84 Å². The lowest BCUT2D eigenvalue weighted by Gasteiger charge is -2.23.